The summed E-state index contributed by atoms with van der Waals surface area (Å²) in [6, 6.07) is 15.6. The summed E-state index contributed by atoms with van der Waals surface area (Å²) < 4.78 is 0. The zero-order chi connectivity index (χ0) is 16.7. The number of halogens is 1. The predicted molar refractivity (Wildman–Crippen MR) is 95.6 cm³/mol. The molecular formula is C18H22ClN3O. The Balaban J connectivity index is 1.97. The van der Waals surface area contributed by atoms with Crippen LogP contribution in [0.2, 0.25) is 5.02 Å². The summed E-state index contributed by atoms with van der Waals surface area (Å²) in [5.41, 5.74) is 8.50. The second-order valence-corrected chi connectivity index (χ2v) is 5.92. The molecule has 2 aromatic carbocycles. The summed E-state index contributed by atoms with van der Waals surface area (Å²) >= 11 is 6.15. The van der Waals surface area contributed by atoms with Crippen molar-refractivity contribution in [3.8, 4) is 0 Å². The molecule has 0 saturated carbocycles. The zero-order valence-electron chi connectivity index (χ0n) is 13.3. The van der Waals surface area contributed by atoms with E-state index in [1.165, 1.54) is 0 Å². The van der Waals surface area contributed by atoms with E-state index in [1.807, 2.05) is 60.4 Å². The van der Waals surface area contributed by atoms with E-state index in [-0.39, 0.29) is 12.5 Å². The van der Waals surface area contributed by atoms with Crippen LogP contribution in [0.1, 0.15) is 11.1 Å². The molecule has 5 heteroatoms. The molecule has 1 amide bonds. The minimum Gasteiger partial charge on any atom is -0.329 e. The molecule has 0 aliphatic carbocycles. The highest BCUT2D eigenvalue weighted by Crippen LogP contribution is 2.22. The van der Waals surface area contributed by atoms with Crippen molar-refractivity contribution in [1.29, 1.82) is 0 Å². The van der Waals surface area contributed by atoms with Crippen molar-refractivity contribution in [2.45, 2.75) is 13.5 Å². The molecule has 0 heterocycles. The van der Waals surface area contributed by atoms with Gasteiger partial charge in [0.1, 0.15) is 0 Å². The fourth-order valence-electron chi connectivity index (χ4n) is 2.35. The highest BCUT2D eigenvalue weighted by Gasteiger charge is 2.12. The van der Waals surface area contributed by atoms with E-state index >= 15 is 0 Å². The first kappa shape index (κ1) is 17.5. The fraction of sp³-hybridized carbons (Fsp3) is 0.278. The standard InChI is InChI=1S/C18H22ClN3O/c1-14-7-8-17(16(19)11-14)21-18(23)13-22(10-9-20)12-15-5-3-2-4-6-15/h2-8,11H,9-10,12-13,20H2,1H3,(H,21,23). The fourth-order valence-corrected chi connectivity index (χ4v) is 2.63. The lowest BCUT2D eigenvalue weighted by molar-refractivity contribution is -0.117. The minimum absolute atomic E-state index is 0.0971. The van der Waals surface area contributed by atoms with Crippen LogP contribution in [0.4, 0.5) is 5.69 Å². The van der Waals surface area contributed by atoms with E-state index in [9.17, 15) is 4.79 Å². The Morgan fingerprint density at radius 3 is 2.61 bits per heavy atom. The summed E-state index contributed by atoms with van der Waals surface area (Å²) in [5.74, 6) is -0.0971. The number of nitrogens with zero attached hydrogens (tertiary/aromatic N) is 1. The van der Waals surface area contributed by atoms with Crippen LogP contribution in [0.3, 0.4) is 0 Å². The van der Waals surface area contributed by atoms with Crippen molar-refractivity contribution in [1.82, 2.24) is 4.90 Å². The highest BCUT2D eigenvalue weighted by atomic mass is 35.5. The largest absolute Gasteiger partial charge is 0.329 e. The average molecular weight is 332 g/mol. The third kappa shape index (κ3) is 5.67. The Hall–Kier alpha value is -1.88. The zero-order valence-corrected chi connectivity index (χ0v) is 14.0. The number of carbonyl (C=O) groups excluding carboxylic acids is 1. The van der Waals surface area contributed by atoms with Crippen molar-refractivity contribution < 1.29 is 4.79 Å². The molecule has 0 spiro atoms. The molecule has 0 saturated heterocycles. The van der Waals surface area contributed by atoms with E-state index in [0.29, 0.717) is 30.3 Å². The molecule has 0 aliphatic heterocycles. The van der Waals surface area contributed by atoms with E-state index in [4.69, 9.17) is 17.3 Å². The van der Waals surface area contributed by atoms with Gasteiger partial charge in [-0.1, -0.05) is 48.0 Å². The molecule has 0 aromatic heterocycles. The van der Waals surface area contributed by atoms with Gasteiger partial charge in [-0.25, -0.2) is 0 Å². The molecule has 0 bridgehead atoms. The van der Waals surface area contributed by atoms with Crippen LogP contribution in [0.15, 0.2) is 48.5 Å². The van der Waals surface area contributed by atoms with E-state index in [0.717, 1.165) is 11.1 Å². The van der Waals surface area contributed by atoms with Crippen molar-refractivity contribution in [3.63, 3.8) is 0 Å². The van der Waals surface area contributed by atoms with Gasteiger partial charge in [0, 0.05) is 19.6 Å². The summed E-state index contributed by atoms with van der Waals surface area (Å²) in [5, 5.41) is 3.41. The molecule has 0 fully saturated rings. The van der Waals surface area contributed by atoms with E-state index < -0.39 is 0 Å². The summed E-state index contributed by atoms with van der Waals surface area (Å²) in [6.07, 6.45) is 0. The Bertz CT molecular complexity index is 646. The summed E-state index contributed by atoms with van der Waals surface area (Å²) in [6.45, 7) is 4.08. The van der Waals surface area contributed by atoms with Gasteiger partial charge in [-0.05, 0) is 30.2 Å². The van der Waals surface area contributed by atoms with Gasteiger partial charge in [-0.15, -0.1) is 0 Å². The maximum atomic E-state index is 12.3. The molecule has 2 aromatic rings. The molecule has 122 valence electrons. The smallest absolute Gasteiger partial charge is 0.238 e. The number of nitrogens with two attached hydrogens (primary N) is 1. The maximum Gasteiger partial charge on any atom is 0.238 e. The van der Waals surface area contributed by atoms with Gasteiger partial charge in [0.25, 0.3) is 0 Å². The molecule has 4 nitrogen and oxygen atoms in total. The number of hydrogen-bond acceptors (Lipinski definition) is 3. The number of aryl methyl sites for hydroxylation is 1. The van der Waals surface area contributed by atoms with Crippen molar-refractivity contribution in [2.75, 3.05) is 25.0 Å². The van der Waals surface area contributed by atoms with Gasteiger partial charge in [0.2, 0.25) is 5.91 Å². The third-order valence-corrected chi connectivity index (χ3v) is 3.77. The molecule has 0 radical (unpaired) electrons. The maximum absolute atomic E-state index is 12.3. The van der Waals surface area contributed by atoms with Crippen LogP contribution in [0.5, 0.6) is 0 Å². The van der Waals surface area contributed by atoms with E-state index in [2.05, 4.69) is 5.32 Å². The second kappa shape index (κ2) is 8.67. The van der Waals surface area contributed by atoms with Crippen LogP contribution in [0.25, 0.3) is 0 Å². The Kier molecular flexibility index (Phi) is 6.59. The summed E-state index contributed by atoms with van der Waals surface area (Å²) in [4.78, 5) is 14.3. The van der Waals surface area contributed by atoms with Crippen LogP contribution in [-0.2, 0) is 11.3 Å². The number of nitrogens with one attached hydrogen (secondary N) is 1. The summed E-state index contributed by atoms with van der Waals surface area (Å²) in [7, 11) is 0. The van der Waals surface area contributed by atoms with Crippen LogP contribution in [-0.4, -0.2) is 30.4 Å². The van der Waals surface area contributed by atoms with Crippen molar-refractivity contribution in [3.05, 3.63) is 64.7 Å². The number of carbonyl (C=O) groups is 1. The number of benzene rings is 2. The van der Waals surface area contributed by atoms with Crippen LogP contribution < -0.4 is 11.1 Å². The highest BCUT2D eigenvalue weighted by molar-refractivity contribution is 6.33. The van der Waals surface area contributed by atoms with Gasteiger partial charge in [-0.2, -0.15) is 0 Å². The molecule has 0 atom stereocenters. The minimum atomic E-state index is -0.0971. The third-order valence-electron chi connectivity index (χ3n) is 3.46. The van der Waals surface area contributed by atoms with Crippen molar-refractivity contribution in [2.24, 2.45) is 5.73 Å². The van der Waals surface area contributed by atoms with Gasteiger partial charge in [0.05, 0.1) is 17.3 Å². The number of rotatable bonds is 7. The van der Waals surface area contributed by atoms with Crippen LogP contribution in [0, 0.1) is 6.92 Å². The lowest BCUT2D eigenvalue weighted by atomic mass is 10.2. The van der Waals surface area contributed by atoms with E-state index in [1.54, 1.807) is 0 Å². The van der Waals surface area contributed by atoms with Gasteiger partial charge in [0.15, 0.2) is 0 Å². The Labute approximate surface area is 142 Å². The SMILES string of the molecule is Cc1ccc(NC(=O)CN(CCN)Cc2ccccc2)c(Cl)c1. The second-order valence-electron chi connectivity index (χ2n) is 5.52. The molecule has 2 rings (SSSR count). The van der Waals surface area contributed by atoms with Crippen LogP contribution >= 0.6 is 11.6 Å². The first-order chi connectivity index (χ1) is 11.1. The quantitative estimate of drug-likeness (QED) is 0.819. The van der Waals surface area contributed by atoms with Gasteiger partial charge in [-0.3, -0.25) is 9.69 Å². The predicted octanol–water partition coefficient (Wildman–Crippen LogP) is 3.05. The first-order valence-corrected chi connectivity index (χ1v) is 7.98. The Morgan fingerprint density at radius 2 is 1.96 bits per heavy atom. The monoisotopic (exact) mass is 331 g/mol. The topological polar surface area (TPSA) is 58.4 Å². The lowest BCUT2D eigenvalue weighted by Crippen LogP contribution is -2.36. The van der Waals surface area contributed by atoms with Gasteiger partial charge < -0.3 is 11.1 Å². The molecule has 3 N–H and O–H groups in total. The molecule has 23 heavy (non-hydrogen) atoms. The lowest BCUT2D eigenvalue weighted by Gasteiger charge is -2.21. The molecule has 0 aliphatic rings. The first-order valence-electron chi connectivity index (χ1n) is 7.61. The Morgan fingerprint density at radius 1 is 1.22 bits per heavy atom. The molecule has 0 unspecified atom stereocenters. The van der Waals surface area contributed by atoms with Gasteiger partial charge >= 0.3 is 0 Å². The number of hydrogen-bond donors (Lipinski definition) is 2. The number of anilines is 1. The average Bonchev–Trinajstić information content (AvgIpc) is 2.51. The molecular weight excluding hydrogens is 310 g/mol. The van der Waals surface area contributed by atoms with Crippen molar-refractivity contribution >= 4 is 23.2 Å². The normalized spacial score (nSPS) is 10.8. The number of amides is 1.